The summed E-state index contributed by atoms with van der Waals surface area (Å²) in [5.41, 5.74) is 1.16. The highest BCUT2D eigenvalue weighted by molar-refractivity contribution is 5.97. The van der Waals surface area contributed by atoms with Crippen LogP contribution in [-0.4, -0.2) is 32.2 Å². The zero-order valence-electron chi connectivity index (χ0n) is 15.0. The Morgan fingerprint density at radius 2 is 1.68 bits per heavy atom. The number of ether oxygens (including phenoxy) is 2. The van der Waals surface area contributed by atoms with Crippen LogP contribution >= 0.6 is 0 Å². The molecule has 0 radical (unpaired) electrons. The third-order valence-electron chi connectivity index (χ3n) is 4.09. The van der Waals surface area contributed by atoms with Crippen LogP contribution in [0.3, 0.4) is 0 Å². The molecule has 0 aliphatic carbocycles. The molecule has 0 aliphatic rings. The van der Waals surface area contributed by atoms with Gasteiger partial charge in [-0.05, 0) is 43.7 Å². The molecule has 25 heavy (non-hydrogen) atoms. The number of hydrogen-bond acceptors (Lipinski definition) is 5. The van der Waals surface area contributed by atoms with E-state index >= 15 is 0 Å². The van der Waals surface area contributed by atoms with Gasteiger partial charge in [0.15, 0.2) is 5.76 Å². The lowest BCUT2D eigenvalue weighted by molar-refractivity contribution is -0.703. The smallest absolute Gasteiger partial charge is 0.337 e. The first-order valence-electron chi connectivity index (χ1n) is 8.22. The second-order valence-corrected chi connectivity index (χ2v) is 5.87. The van der Waals surface area contributed by atoms with Crippen LogP contribution < -0.4 is 5.32 Å². The van der Waals surface area contributed by atoms with Crippen LogP contribution in [0.15, 0.2) is 34.7 Å². The van der Waals surface area contributed by atoms with Crippen molar-refractivity contribution in [1.29, 1.82) is 0 Å². The quantitative estimate of drug-likeness (QED) is 0.779. The number of quaternary nitrogens is 1. The summed E-state index contributed by atoms with van der Waals surface area (Å²) in [4.78, 5) is 23.7. The lowest BCUT2D eigenvalue weighted by Gasteiger charge is -2.07. The summed E-state index contributed by atoms with van der Waals surface area (Å²) in [6, 6.07) is 8.97. The number of hydrogen-bond donors (Lipinski definition) is 1. The highest BCUT2D eigenvalue weighted by atomic mass is 16.5. The van der Waals surface area contributed by atoms with E-state index in [-0.39, 0.29) is 11.1 Å². The van der Waals surface area contributed by atoms with Gasteiger partial charge < -0.3 is 19.2 Å². The van der Waals surface area contributed by atoms with E-state index in [1.54, 1.807) is 12.1 Å². The van der Waals surface area contributed by atoms with E-state index in [0.29, 0.717) is 17.4 Å². The minimum atomic E-state index is -0.524. The van der Waals surface area contributed by atoms with Gasteiger partial charge in [-0.15, -0.1) is 0 Å². The molecule has 6 heteroatoms. The summed E-state index contributed by atoms with van der Waals surface area (Å²) in [6.45, 7) is 5.03. The van der Waals surface area contributed by atoms with Gasteiger partial charge in [0, 0.05) is 5.56 Å². The van der Waals surface area contributed by atoms with Crippen molar-refractivity contribution in [1.82, 2.24) is 0 Å². The Labute approximate surface area is 147 Å². The molecule has 0 aliphatic heterocycles. The molecule has 2 rings (SSSR count). The first kappa shape index (κ1) is 18.7. The summed E-state index contributed by atoms with van der Waals surface area (Å²) in [5, 5.41) is 2.20. The van der Waals surface area contributed by atoms with E-state index in [9.17, 15) is 9.59 Å². The Bertz CT molecular complexity index is 716. The molecule has 1 heterocycles. The van der Waals surface area contributed by atoms with Crippen LogP contribution in [-0.2, 0) is 16.0 Å². The summed E-state index contributed by atoms with van der Waals surface area (Å²) in [7, 11) is 2.59. The van der Waals surface area contributed by atoms with Crippen molar-refractivity contribution in [3.05, 3.63) is 47.2 Å². The number of nitrogens with two attached hydrogens (primary N) is 1. The lowest BCUT2D eigenvalue weighted by atomic mass is 10.0. The Balaban J connectivity index is 2.33. The minimum absolute atomic E-state index is 0.268. The maximum atomic E-state index is 11.9. The fraction of sp³-hybridized carbons (Fsp3) is 0.368. The maximum Gasteiger partial charge on any atom is 0.337 e. The SMILES string of the molecule is CC[C@@H](C)[NH2+]Cc1ccc(-c2cc(C(=O)OC)cc(C(=O)OC)c2)o1. The Morgan fingerprint density at radius 3 is 2.20 bits per heavy atom. The molecule has 2 N–H and O–H groups in total. The second-order valence-electron chi connectivity index (χ2n) is 5.87. The summed E-state index contributed by atoms with van der Waals surface area (Å²) >= 11 is 0. The Morgan fingerprint density at radius 1 is 1.08 bits per heavy atom. The number of methoxy groups -OCH3 is 2. The van der Waals surface area contributed by atoms with E-state index in [4.69, 9.17) is 13.9 Å². The van der Waals surface area contributed by atoms with Crippen molar-refractivity contribution < 1.29 is 28.8 Å². The standard InChI is InChI=1S/C19H23NO5/c1-5-12(2)20-11-16-6-7-17(25-16)13-8-14(18(21)23-3)10-15(9-13)19(22)24-4/h6-10,12,20H,5,11H2,1-4H3/p+1/t12-/m1/s1. The van der Waals surface area contributed by atoms with E-state index in [2.05, 4.69) is 19.2 Å². The van der Waals surface area contributed by atoms with Crippen molar-refractivity contribution in [3.8, 4) is 11.3 Å². The first-order chi connectivity index (χ1) is 12.0. The van der Waals surface area contributed by atoms with E-state index < -0.39 is 11.9 Å². The molecule has 134 valence electrons. The molecule has 1 atom stereocenters. The predicted octanol–water partition coefficient (Wildman–Crippen LogP) is 2.38. The molecular weight excluding hydrogens is 322 g/mol. The molecule has 2 aromatic rings. The molecule has 6 nitrogen and oxygen atoms in total. The highest BCUT2D eigenvalue weighted by Crippen LogP contribution is 2.25. The molecule has 0 saturated heterocycles. The van der Waals surface area contributed by atoms with Gasteiger partial charge in [-0.25, -0.2) is 9.59 Å². The molecule has 1 aromatic carbocycles. The van der Waals surface area contributed by atoms with Crippen LogP contribution in [0, 0.1) is 0 Å². The van der Waals surface area contributed by atoms with Crippen LogP contribution in [0.1, 0.15) is 46.7 Å². The van der Waals surface area contributed by atoms with E-state index in [1.807, 2.05) is 12.1 Å². The molecule has 0 saturated carbocycles. The van der Waals surface area contributed by atoms with Crippen molar-refractivity contribution >= 4 is 11.9 Å². The third kappa shape index (κ3) is 4.70. The highest BCUT2D eigenvalue weighted by Gasteiger charge is 2.16. The molecular formula is C19H24NO5+. The van der Waals surface area contributed by atoms with E-state index in [1.165, 1.54) is 20.3 Å². The van der Waals surface area contributed by atoms with Gasteiger partial charge in [-0.1, -0.05) is 6.92 Å². The number of furan rings is 1. The summed E-state index contributed by atoms with van der Waals surface area (Å²) in [5.74, 6) is 0.370. The Kier molecular flexibility index (Phi) is 6.36. The molecule has 0 bridgehead atoms. The van der Waals surface area contributed by atoms with E-state index in [0.717, 1.165) is 18.7 Å². The van der Waals surface area contributed by atoms with Crippen molar-refractivity contribution in [2.24, 2.45) is 0 Å². The van der Waals surface area contributed by atoms with Crippen molar-refractivity contribution in [3.63, 3.8) is 0 Å². The zero-order chi connectivity index (χ0) is 18.4. The van der Waals surface area contributed by atoms with Crippen LogP contribution in [0.4, 0.5) is 0 Å². The lowest BCUT2D eigenvalue weighted by Crippen LogP contribution is -2.87. The maximum absolute atomic E-state index is 11.9. The van der Waals surface area contributed by atoms with Gasteiger partial charge >= 0.3 is 11.9 Å². The predicted molar refractivity (Wildman–Crippen MR) is 92.2 cm³/mol. The number of esters is 2. The number of carbonyl (C=O) groups excluding carboxylic acids is 2. The van der Waals surface area contributed by atoms with Gasteiger partial charge in [0.1, 0.15) is 12.3 Å². The summed E-state index contributed by atoms with van der Waals surface area (Å²) in [6.07, 6.45) is 1.08. The topological polar surface area (TPSA) is 82.3 Å². The fourth-order valence-electron chi connectivity index (χ4n) is 2.37. The van der Waals surface area contributed by atoms with Gasteiger partial charge in [0.05, 0.1) is 31.4 Å². The average molecular weight is 346 g/mol. The second kappa shape index (κ2) is 8.48. The molecule has 0 amide bonds. The van der Waals surface area contributed by atoms with Gasteiger partial charge in [0.25, 0.3) is 0 Å². The molecule has 1 aromatic heterocycles. The number of rotatable bonds is 7. The van der Waals surface area contributed by atoms with Gasteiger partial charge in [0.2, 0.25) is 0 Å². The Hall–Kier alpha value is -2.60. The normalized spacial score (nSPS) is 11.8. The van der Waals surface area contributed by atoms with Crippen molar-refractivity contribution in [2.75, 3.05) is 14.2 Å². The third-order valence-corrected chi connectivity index (χ3v) is 4.09. The largest absolute Gasteiger partial charge is 0.465 e. The molecule has 0 spiro atoms. The minimum Gasteiger partial charge on any atom is -0.465 e. The monoisotopic (exact) mass is 346 g/mol. The first-order valence-corrected chi connectivity index (χ1v) is 8.22. The molecule has 0 unspecified atom stereocenters. The fourth-order valence-corrected chi connectivity index (χ4v) is 2.37. The average Bonchev–Trinajstić information content (AvgIpc) is 3.13. The summed E-state index contributed by atoms with van der Waals surface area (Å²) < 4.78 is 15.4. The molecule has 0 fully saturated rings. The van der Waals surface area contributed by atoms with Crippen molar-refractivity contribution in [2.45, 2.75) is 32.9 Å². The van der Waals surface area contributed by atoms with Gasteiger partial charge in [-0.3, -0.25) is 0 Å². The van der Waals surface area contributed by atoms with Gasteiger partial charge in [-0.2, -0.15) is 0 Å². The van der Waals surface area contributed by atoms with Crippen LogP contribution in [0.5, 0.6) is 0 Å². The van der Waals surface area contributed by atoms with Crippen LogP contribution in [0.25, 0.3) is 11.3 Å². The number of carbonyl (C=O) groups is 2. The number of benzene rings is 1. The van der Waals surface area contributed by atoms with Crippen LogP contribution in [0.2, 0.25) is 0 Å². The zero-order valence-corrected chi connectivity index (χ0v) is 15.0.